The maximum absolute atomic E-state index is 12.8. The van der Waals surface area contributed by atoms with E-state index in [1.165, 1.54) is 25.3 Å². The number of ether oxygens (including phenoxy) is 1. The Labute approximate surface area is 226 Å². The van der Waals surface area contributed by atoms with Crippen LogP contribution in [0.3, 0.4) is 0 Å². The quantitative estimate of drug-likeness (QED) is 0.142. The molecule has 2 atom stereocenters. The third-order valence-corrected chi connectivity index (χ3v) is 6.95. The fraction of sp³-hybridized carbons (Fsp3) is 0.233. The van der Waals surface area contributed by atoms with Gasteiger partial charge in [0.25, 0.3) is 5.69 Å². The molecule has 4 rings (SSSR count). The number of unbranched alkanes of at least 4 members (excludes halogenated alkanes) is 1. The summed E-state index contributed by atoms with van der Waals surface area (Å²) >= 11 is 0. The Kier molecular flexibility index (Phi) is 8.37. The average molecular weight is 525 g/mol. The summed E-state index contributed by atoms with van der Waals surface area (Å²) in [6, 6.07) is 24.1. The molecule has 3 aromatic carbocycles. The number of nitriles is 1. The molecule has 1 amide bonds. The molecule has 198 valence electrons. The third kappa shape index (κ3) is 5.65. The molecule has 0 aromatic heterocycles. The van der Waals surface area contributed by atoms with E-state index in [4.69, 9.17) is 4.74 Å². The van der Waals surface area contributed by atoms with Gasteiger partial charge >= 0.3 is 5.97 Å². The normalized spacial score (nSPS) is 16.2. The fourth-order valence-electron chi connectivity index (χ4n) is 5.08. The van der Waals surface area contributed by atoms with E-state index in [1.54, 1.807) is 6.20 Å². The SMILES string of the molecule is COC(=O)c1cccc([N+](=O)[O-])c1NC(=O)CCCCC(c1ccccc1)C1(C#N)C=CNc2ccccc21. The first-order valence-corrected chi connectivity index (χ1v) is 12.6. The molecular weight excluding hydrogens is 496 g/mol. The minimum absolute atomic E-state index is 0.0850. The van der Waals surface area contributed by atoms with E-state index in [2.05, 4.69) is 16.7 Å². The first-order chi connectivity index (χ1) is 18.9. The lowest BCUT2D eigenvalue weighted by Crippen LogP contribution is -2.33. The summed E-state index contributed by atoms with van der Waals surface area (Å²) in [6.45, 7) is 0. The number of rotatable bonds is 10. The number of carbonyl (C=O) groups is 2. The first-order valence-electron chi connectivity index (χ1n) is 12.6. The summed E-state index contributed by atoms with van der Waals surface area (Å²) in [4.78, 5) is 35.8. The number of nitro groups is 1. The number of hydrogen-bond donors (Lipinski definition) is 2. The largest absolute Gasteiger partial charge is 0.465 e. The molecule has 0 saturated heterocycles. The Morgan fingerprint density at radius 2 is 1.82 bits per heavy atom. The number of esters is 1. The van der Waals surface area contributed by atoms with E-state index >= 15 is 0 Å². The van der Waals surface area contributed by atoms with Crippen LogP contribution in [-0.4, -0.2) is 23.9 Å². The first kappa shape index (κ1) is 27.1. The Hall–Kier alpha value is -4.97. The van der Waals surface area contributed by atoms with Crippen molar-refractivity contribution in [1.29, 1.82) is 5.26 Å². The van der Waals surface area contributed by atoms with Gasteiger partial charge in [-0.2, -0.15) is 5.26 Å². The molecule has 0 fully saturated rings. The number of nitrogens with zero attached hydrogens (tertiary/aromatic N) is 2. The molecule has 0 aliphatic carbocycles. The highest BCUT2D eigenvalue weighted by Crippen LogP contribution is 2.47. The molecular formula is C30H28N4O5. The molecule has 9 nitrogen and oxygen atoms in total. The van der Waals surface area contributed by atoms with Gasteiger partial charge in [-0.1, -0.05) is 61.0 Å². The van der Waals surface area contributed by atoms with E-state index in [0.717, 1.165) is 16.8 Å². The molecule has 1 aliphatic rings. The van der Waals surface area contributed by atoms with Crippen LogP contribution in [0.4, 0.5) is 17.1 Å². The molecule has 1 heterocycles. The second-order valence-corrected chi connectivity index (χ2v) is 9.21. The smallest absolute Gasteiger partial charge is 0.340 e. The lowest BCUT2D eigenvalue weighted by molar-refractivity contribution is -0.384. The summed E-state index contributed by atoms with van der Waals surface area (Å²) in [6.07, 6.45) is 5.53. The summed E-state index contributed by atoms with van der Waals surface area (Å²) in [7, 11) is 1.17. The van der Waals surface area contributed by atoms with E-state index in [-0.39, 0.29) is 29.3 Å². The number of methoxy groups -OCH3 is 1. The summed E-state index contributed by atoms with van der Waals surface area (Å²) in [5.41, 5.74) is 1.25. The van der Waals surface area contributed by atoms with Crippen molar-refractivity contribution < 1.29 is 19.2 Å². The Balaban J connectivity index is 1.50. The highest BCUT2D eigenvalue weighted by molar-refractivity contribution is 6.03. The summed E-state index contributed by atoms with van der Waals surface area (Å²) in [5.74, 6) is -1.41. The fourth-order valence-corrected chi connectivity index (χ4v) is 5.08. The van der Waals surface area contributed by atoms with Crippen LogP contribution in [0.1, 0.15) is 53.1 Å². The molecule has 0 radical (unpaired) electrons. The lowest BCUT2D eigenvalue weighted by atomic mass is 9.65. The van der Waals surface area contributed by atoms with Gasteiger partial charge in [0.1, 0.15) is 11.1 Å². The maximum atomic E-state index is 12.8. The number of fused-ring (bicyclic) bond motifs is 1. The molecule has 3 aromatic rings. The van der Waals surface area contributed by atoms with Gasteiger partial charge in [0.15, 0.2) is 0 Å². The molecule has 9 heteroatoms. The summed E-state index contributed by atoms with van der Waals surface area (Å²) in [5, 5.41) is 27.8. The minimum atomic E-state index is -0.897. The lowest BCUT2D eigenvalue weighted by Gasteiger charge is -2.37. The van der Waals surface area contributed by atoms with E-state index < -0.39 is 22.2 Å². The monoisotopic (exact) mass is 524 g/mol. The second-order valence-electron chi connectivity index (χ2n) is 9.21. The van der Waals surface area contributed by atoms with Crippen molar-refractivity contribution in [3.63, 3.8) is 0 Å². The number of hydrogen-bond acceptors (Lipinski definition) is 7. The van der Waals surface area contributed by atoms with Crippen molar-refractivity contribution >= 4 is 28.9 Å². The molecule has 0 spiro atoms. The van der Waals surface area contributed by atoms with Crippen LogP contribution >= 0.6 is 0 Å². The predicted molar refractivity (Wildman–Crippen MR) is 147 cm³/mol. The number of nitro benzene ring substituents is 1. The average Bonchev–Trinajstić information content (AvgIpc) is 2.97. The number of para-hydroxylation sites is 2. The number of allylic oxidation sites excluding steroid dienone is 1. The van der Waals surface area contributed by atoms with E-state index in [0.29, 0.717) is 19.3 Å². The Morgan fingerprint density at radius 1 is 1.08 bits per heavy atom. The second kappa shape index (κ2) is 12.0. The number of anilines is 2. The van der Waals surface area contributed by atoms with Crippen molar-refractivity contribution in [3.05, 3.63) is 112 Å². The van der Waals surface area contributed by atoms with Crippen molar-refractivity contribution in [3.8, 4) is 6.07 Å². The van der Waals surface area contributed by atoms with Crippen LogP contribution in [0, 0.1) is 21.4 Å². The number of benzene rings is 3. The van der Waals surface area contributed by atoms with Gasteiger partial charge in [-0.25, -0.2) is 4.79 Å². The molecule has 1 aliphatic heterocycles. The van der Waals surface area contributed by atoms with Crippen LogP contribution in [-0.2, 0) is 14.9 Å². The van der Waals surface area contributed by atoms with Gasteiger partial charge in [0.05, 0.1) is 23.7 Å². The van der Waals surface area contributed by atoms with Gasteiger partial charge in [-0.15, -0.1) is 0 Å². The minimum Gasteiger partial charge on any atom is -0.465 e. The van der Waals surface area contributed by atoms with Gasteiger partial charge in [0.2, 0.25) is 5.91 Å². The maximum Gasteiger partial charge on any atom is 0.340 e. The molecule has 2 N–H and O–H groups in total. The molecule has 2 unspecified atom stereocenters. The van der Waals surface area contributed by atoms with Crippen molar-refractivity contribution in [2.75, 3.05) is 17.7 Å². The van der Waals surface area contributed by atoms with Gasteiger partial charge in [-0.05, 0) is 42.8 Å². The Morgan fingerprint density at radius 3 is 2.54 bits per heavy atom. The standard InChI is InChI=1S/C30H28N4O5/c1-39-29(36)22-12-9-16-26(34(37)38)28(22)33-27(35)17-8-6-13-23(21-10-3-2-4-11-21)30(20-31)18-19-32-25-15-7-5-14-24(25)30/h2-5,7,9-12,14-16,18-19,23,32H,6,8,13,17H2,1H3,(H,33,35). The van der Waals surface area contributed by atoms with Crippen molar-refractivity contribution in [2.45, 2.75) is 37.0 Å². The highest BCUT2D eigenvalue weighted by atomic mass is 16.6. The van der Waals surface area contributed by atoms with Gasteiger partial charge in [0, 0.05) is 29.7 Å². The van der Waals surface area contributed by atoms with Gasteiger partial charge in [-0.3, -0.25) is 14.9 Å². The van der Waals surface area contributed by atoms with E-state index in [9.17, 15) is 25.0 Å². The number of carbonyl (C=O) groups excluding carboxylic acids is 2. The van der Waals surface area contributed by atoms with Crippen LogP contribution in [0.2, 0.25) is 0 Å². The molecule has 39 heavy (non-hydrogen) atoms. The third-order valence-electron chi connectivity index (χ3n) is 6.95. The molecule has 0 saturated carbocycles. The zero-order valence-corrected chi connectivity index (χ0v) is 21.4. The Bertz CT molecular complexity index is 1450. The predicted octanol–water partition coefficient (Wildman–Crippen LogP) is 6.06. The van der Waals surface area contributed by atoms with Crippen molar-refractivity contribution in [2.24, 2.45) is 0 Å². The van der Waals surface area contributed by atoms with E-state index in [1.807, 2.05) is 60.7 Å². The number of nitrogens with one attached hydrogen (secondary N) is 2. The highest BCUT2D eigenvalue weighted by Gasteiger charge is 2.42. The summed E-state index contributed by atoms with van der Waals surface area (Å²) < 4.78 is 4.71. The zero-order chi connectivity index (χ0) is 27.8. The topological polar surface area (TPSA) is 134 Å². The van der Waals surface area contributed by atoms with Gasteiger partial charge < -0.3 is 15.4 Å². The van der Waals surface area contributed by atoms with Crippen LogP contribution in [0.25, 0.3) is 0 Å². The van der Waals surface area contributed by atoms with Crippen molar-refractivity contribution in [1.82, 2.24) is 0 Å². The number of amides is 1. The molecule has 0 bridgehead atoms. The van der Waals surface area contributed by atoms with Crippen LogP contribution < -0.4 is 10.6 Å². The van der Waals surface area contributed by atoms with Crippen LogP contribution in [0.15, 0.2) is 85.1 Å². The zero-order valence-electron chi connectivity index (χ0n) is 21.4. The van der Waals surface area contributed by atoms with Crippen LogP contribution in [0.5, 0.6) is 0 Å².